The monoisotopic (exact) mass is 241 g/mol. The molecule has 1 aromatic rings. The fraction of sp³-hybridized carbons (Fsp3) is 0.182. The highest BCUT2D eigenvalue weighted by molar-refractivity contribution is 6.32. The summed E-state index contributed by atoms with van der Waals surface area (Å²) in [5, 5.41) is 21.1. The normalized spacial score (nSPS) is 12.1. The van der Waals surface area contributed by atoms with Crippen molar-refractivity contribution in [3.63, 3.8) is 0 Å². The van der Waals surface area contributed by atoms with E-state index in [4.69, 9.17) is 16.7 Å². The number of hydrogen-bond acceptors (Lipinski definition) is 3. The second kappa shape index (κ2) is 5.53. The van der Waals surface area contributed by atoms with Crippen LogP contribution in [0.4, 0.5) is 0 Å². The van der Waals surface area contributed by atoms with Crippen molar-refractivity contribution in [2.24, 2.45) is 0 Å². The Labute approximate surface area is 98.2 Å². The third kappa shape index (κ3) is 2.98. The lowest BCUT2D eigenvalue weighted by molar-refractivity contribution is -0.139. The summed E-state index contributed by atoms with van der Waals surface area (Å²) in [6.07, 6.45) is 1.57. The first kappa shape index (κ1) is 12.5. The maximum absolute atomic E-state index is 11.0. The fourth-order valence-electron chi connectivity index (χ4n) is 1.25. The van der Waals surface area contributed by atoms with E-state index in [1.54, 1.807) is 6.08 Å². The third-order valence-electron chi connectivity index (χ3n) is 2.02. The summed E-state index contributed by atoms with van der Waals surface area (Å²) in [7, 11) is 0. The van der Waals surface area contributed by atoms with Crippen LogP contribution in [0.2, 0.25) is 5.02 Å². The van der Waals surface area contributed by atoms with Crippen LogP contribution in [0, 0.1) is 0 Å². The van der Waals surface area contributed by atoms with E-state index >= 15 is 0 Å². The van der Waals surface area contributed by atoms with Gasteiger partial charge in [0.25, 0.3) is 0 Å². The molecule has 0 fully saturated rings. The van der Waals surface area contributed by atoms with Crippen LogP contribution in [0.3, 0.4) is 0 Å². The molecular formula is C11H12ClNO3. The van der Waals surface area contributed by atoms with Gasteiger partial charge in [0.2, 0.25) is 0 Å². The minimum atomic E-state index is -1.01. The van der Waals surface area contributed by atoms with Gasteiger partial charge in [-0.3, -0.25) is 10.1 Å². The molecule has 4 nitrogen and oxygen atoms in total. The molecule has 1 atom stereocenters. The number of aromatic hydroxyl groups is 1. The van der Waals surface area contributed by atoms with Gasteiger partial charge in [-0.05, 0) is 17.7 Å². The maximum Gasteiger partial charge on any atom is 0.325 e. The van der Waals surface area contributed by atoms with Crippen molar-refractivity contribution in [2.75, 3.05) is 6.54 Å². The van der Waals surface area contributed by atoms with Crippen LogP contribution in [0.5, 0.6) is 5.75 Å². The zero-order valence-electron chi connectivity index (χ0n) is 8.48. The zero-order valence-corrected chi connectivity index (χ0v) is 9.24. The molecule has 0 heterocycles. The maximum atomic E-state index is 11.0. The smallest absolute Gasteiger partial charge is 0.325 e. The fourth-order valence-corrected chi connectivity index (χ4v) is 1.44. The second-order valence-corrected chi connectivity index (χ2v) is 3.59. The molecule has 0 aliphatic carbocycles. The van der Waals surface area contributed by atoms with Gasteiger partial charge in [-0.2, -0.15) is 0 Å². The van der Waals surface area contributed by atoms with E-state index in [0.29, 0.717) is 12.1 Å². The summed E-state index contributed by atoms with van der Waals surface area (Å²) in [6.45, 7) is 3.87. The number of aliphatic carboxylic acids is 1. The Morgan fingerprint density at radius 2 is 2.31 bits per heavy atom. The van der Waals surface area contributed by atoms with Crippen LogP contribution >= 0.6 is 11.6 Å². The molecule has 0 radical (unpaired) electrons. The zero-order chi connectivity index (χ0) is 12.1. The third-order valence-corrected chi connectivity index (χ3v) is 2.32. The highest BCUT2D eigenvalue weighted by Crippen LogP contribution is 2.26. The number of carbonyl (C=O) groups is 1. The molecule has 1 rings (SSSR count). The van der Waals surface area contributed by atoms with E-state index in [0.717, 1.165) is 0 Å². The molecule has 0 saturated heterocycles. The van der Waals surface area contributed by atoms with E-state index in [9.17, 15) is 9.90 Å². The molecule has 0 saturated carbocycles. The van der Waals surface area contributed by atoms with Gasteiger partial charge >= 0.3 is 5.97 Å². The number of phenols is 1. The van der Waals surface area contributed by atoms with E-state index in [-0.39, 0.29) is 10.8 Å². The van der Waals surface area contributed by atoms with Crippen LogP contribution in [0.1, 0.15) is 11.6 Å². The van der Waals surface area contributed by atoms with Gasteiger partial charge in [-0.1, -0.05) is 23.7 Å². The molecule has 0 amide bonds. The van der Waals surface area contributed by atoms with E-state index in [1.807, 2.05) is 0 Å². The number of rotatable bonds is 5. The number of hydrogen-bond donors (Lipinski definition) is 3. The molecule has 0 aliphatic rings. The molecule has 5 heteroatoms. The van der Waals surface area contributed by atoms with Crippen LogP contribution in [0.25, 0.3) is 0 Å². The largest absolute Gasteiger partial charge is 0.506 e. The molecule has 0 bridgehead atoms. The summed E-state index contributed by atoms with van der Waals surface area (Å²) < 4.78 is 0. The average Bonchev–Trinajstić information content (AvgIpc) is 2.23. The number of phenolic OH excluding ortho intramolecular Hbond substituents is 1. The van der Waals surface area contributed by atoms with Gasteiger partial charge in [0.15, 0.2) is 0 Å². The molecule has 16 heavy (non-hydrogen) atoms. The van der Waals surface area contributed by atoms with Gasteiger partial charge in [-0.25, -0.2) is 0 Å². The molecule has 1 aromatic carbocycles. The van der Waals surface area contributed by atoms with Crippen LogP contribution in [-0.2, 0) is 4.79 Å². The topological polar surface area (TPSA) is 69.6 Å². The van der Waals surface area contributed by atoms with Gasteiger partial charge in [-0.15, -0.1) is 6.58 Å². The Balaban J connectivity index is 2.96. The highest BCUT2D eigenvalue weighted by Gasteiger charge is 2.19. The summed E-state index contributed by atoms with van der Waals surface area (Å²) in [5.41, 5.74) is 0.483. The van der Waals surface area contributed by atoms with E-state index in [1.165, 1.54) is 18.2 Å². The van der Waals surface area contributed by atoms with Crippen molar-refractivity contribution < 1.29 is 15.0 Å². The average molecular weight is 242 g/mol. The molecule has 0 aromatic heterocycles. The molecule has 86 valence electrons. The molecule has 0 spiro atoms. The Kier molecular flexibility index (Phi) is 4.34. The van der Waals surface area contributed by atoms with Crippen molar-refractivity contribution >= 4 is 17.6 Å². The summed E-state index contributed by atoms with van der Waals surface area (Å²) in [5.74, 6) is -1.08. The first-order chi connectivity index (χ1) is 7.56. The van der Waals surface area contributed by atoms with Crippen molar-refractivity contribution in [3.8, 4) is 5.75 Å². The van der Waals surface area contributed by atoms with Gasteiger partial charge in [0.1, 0.15) is 11.8 Å². The minimum Gasteiger partial charge on any atom is -0.506 e. The Hall–Kier alpha value is -1.52. The van der Waals surface area contributed by atoms with Gasteiger partial charge in [0, 0.05) is 6.54 Å². The molecule has 0 aliphatic heterocycles. The first-order valence-electron chi connectivity index (χ1n) is 4.61. The first-order valence-corrected chi connectivity index (χ1v) is 4.99. The lowest BCUT2D eigenvalue weighted by Gasteiger charge is -2.14. The lowest BCUT2D eigenvalue weighted by Crippen LogP contribution is -2.28. The van der Waals surface area contributed by atoms with E-state index in [2.05, 4.69) is 11.9 Å². The number of benzene rings is 1. The predicted octanol–water partition coefficient (Wildman–Crippen LogP) is 1.95. The Morgan fingerprint density at radius 3 is 2.81 bits per heavy atom. The van der Waals surface area contributed by atoms with Gasteiger partial charge < -0.3 is 10.2 Å². The summed E-state index contributed by atoms with van der Waals surface area (Å²) in [6, 6.07) is 3.43. The molecule has 3 N–H and O–H groups in total. The summed E-state index contributed by atoms with van der Waals surface area (Å²) in [4.78, 5) is 11.0. The molecular weight excluding hydrogens is 230 g/mol. The summed E-state index contributed by atoms with van der Waals surface area (Å²) >= 11 is 5.71. The molecule has 1 unspecified atom stereocenters. The van der Waals surface area contributed by atoms with Crippen molar-refractivity contribution in [3.05, 3.63) is 41.4 Å². The highest BCUT2D eigenvalue weighted by atomic mass is 35.5. The lowest BCUT2D eigenvalue weighted by atomic mass is 10.1. The quantitative estimate of drug-likeness (QED) is 0.689. The van der Waals surface area contributed by atoms with Crippen LogP contribution in [0.15, 0.2) is 30.9 Å². The SMILES string of the molecule is C=CCNC(C(=O)O)c1ccc(O)c(Cl)c1. The van der Waals surface area contributed by atoms with Crippen molar-refractivity contribution in [1.82, 2.24) is 5.32 Å². The Morgan fingerprint density at radius 1 is 1.62 bits per heavy atom. The van der Waals surface area contributed by atoms with Gasteiger partial charge in [0.05, 0.1) is 5.02 Å². The number of halogens is 1. The van der Waals surface area contributed by atoms with Crippen LogP contribution in [-0.4, -0.2) is 22.7 Å². The minimum absolute atomic E-state index is 0.0710. The standard InChI is InChI=1S/C11H12ClNO3/c1-2-5-13-10(11(15)16)7-3-4-9(14)8(12)6-7/h2-4,6,10,13-14H,1,5H2,(H,15,16). The van der Waals surface area contributed by atoms with Crippen molar-refractivity contribution in [1.29, 1.82) is 0 Å². The van der Waals surface area contributed by atoms with E-state index < -0.39 is 12.0 Å². The van der Waals surface area contributed by atoms with Crippen LogP contribution < -0.4 is 5.32 Å². The predicted molar refractivity (Wildman–Crippen MR) is 61.7 cm³/mol. The number of carboxylic acids is 1. The number of carboxylic acid groups (broad SMARTS) is 1. The van der Waals surface area contributed by atoms with Crippen molar-refractivity contribution in [2.45, 2.75) is 6.04 Å². The number of nitrogens with one attached hydrogen (secondary N) is 1. The Bertz CT molecular complexity index is 406. The second-order valence-electron chi connectivity index (χ2n) is 3.18.